The molecule has 0 aliphatic carbocycles. The van der Waals surface area contributed by atoms with E-state index < -0.39 is 0 Å². The number of benzene rings is 1. The first-order valence-corrected chi connectivity index (χ1v) is 7.50. The lowest BCUT2D eigenvalue weighted by atomic mass is 9.88. The van der Waals surface area contributed by atoms with E-state index in [9.17, 15) is 4.79 Å². The van der Waals surface area contributed by atoms with Gasteiger partial charge in [-0.3, -0.25) is 9.48 Å². The van der Waals surface area contributed by atoms with E-state index in [0.29, 0.717) is 11.5 Å². The van der Waals surface area contributed by atoms with Gasteiger partial charge in [-0.15, -0.1) is 0 Å². The molecule has 0 radical (unpaired) electrons. The van der Waals surface area contributed by atoms with Crippen molar-refractivity contribution < 1.29 is 4.79 Å². The van der Waals surface area contributed by atoms with Crippen molar-refractivity contribution in [1.82, 2.24) is 15.1 Å². The van der Waals surface area contributed by atoms with Crippen LogP contribution in [0.2, 0.25) is 0 Å². The third-order valence-electron chi connectivity index (χ3n) is 3.93. The molecule has 0 bridgehead atoms. The van der Waals surface area contributed by atoms with Crippen LogP contribution in [0.5, 0.6) is 0 Å². The molecule has 0 aliphatic rings. The third-order valence-corrected chi connectivity index (χ3v) is 3.93. The Morgan fingerprint density at radius 3 is 2.43 bits per heavy atom. The minimum Gasteiger partial charge on any atom is -0.345 e. The van der Waals surface area contributed by atoms with Crippen LogP contribution in [0.1, 0.15) is 48.7 Å². The van der Waals surface area contributed by atoms with Crippen LogP contribution in [0, 0.1) is 5.92 Å². The Morgan fingerprint density at radius 2 is 1.90 bits per heavy atom. The van der Waals surface area contributed by atoms with Gasteiger partial charge in [-0.2, -0.15) is 5.10 Å². The van der Waals surface area contributed by atoms with Crippen LogP contribution in [-0.4, -0.2) is 15.7 Å². The van der Waals surface area contributed by atoms with Gasteiger partial charge in [0.1, 0.15) is 0 Å². The second-order valence-corrected chi connectivity index (χ2v) is 5.34. The molecule has 112 valence electrons. The lowest BCUT2D eigenvalue weighted by Crippen LogP contribution is -2.33. The van der Waals surface area contributed by atoms with Gasteiger partial charge in [0, 0.05) is 13.2 Å². The van der Waals surface area contributed by atoms with Crippen molar-refractivity contribution in [1.29, 1.82) is 0 Å². The van der Waals surface area contributed by atoms with E-state index in [1.165, 1.54) is 0 Å². The fourth-order valence-electron chi connectivity index (χ4n) is 2.66. The molecule has 1 N–H and O–H groups in total. The molecule has 1 heterocycles. The number of amides is 1. The maximum absolute atomic E-state index is 12.4. The number of nitrogens with one attached hydrogen (secondary N) is 1. The number of aromatic nitrogens is 2. The second kappa shape index (κ2) is 7.07. The van der Waals surface area contributed by atoms with Gasteiger partial charge in [-0.05, 0) is 11.5 Å². The molecule has 0 spiro atoms. The summed E-state index contributed by atoms with van der Waals surface area (Å²) in [5.74, 6) is 0.358. The van der Waals surface area contributed by atoms with Crippen molar-refractivity contribution in [2.45, 2.75) is 32.7 Å². The van der Waals surface area contributed by atoms with Crippen molar-refractivity contribution >= 4 is 5.91 Å². The topological polar surface area (TPSA) is 46.9 Å². The first-order valence-electron chi connectivity index (χ1n) is 7.50. The molecule has 4 heteroatoms. The Balaban J connectivity index is 2.22. The number of carbonyl (C=O) groups excluding carboxylic acids is 1. The van der Waals surface area contributed by atoms with Gasteiger partial charge in [0.15, 0.2) is 0 Å². The molecule has 1 amide bonds. The lowest BCUT2D eigenvalue weighted by Gasteiger charge is -2.26. The van der Waals surface area contributed by atoms with Crippen molar-refractivity contribution in [3.63, 3.8) is 0 Å². The molecule has 2 aromatic rings. The van der Waals surface area contributed by atoms with E-state index in [1.807, 2.05) is 25.2 Å². The van der Waals surface area contributed by atoms with Crippen LogP contribution in [0.25, 0.3) is 0 Å². The first-order chi connectivity index (χ1) is 10.2. The molecule has 2 rings (SSSR count). The van der Waals surface area contributed by atoms with Crippen LogP contribution >= 0.6 is 0 Å². The molecule has 0 saturated heterocycles. The lowest BCUT2D eigenvalue weighted by molar-refractivity contribution is 0.0919. The third kappa shape index (κ3) is 3.72. The second-order valence-electron chi connectivity index (χ2n) is 5.34. The van der Waals surface area contributed by atoms with Crippen molar-refractivity contribution in [3.8, 4) is 0 Å². The highest BCUT2D eigenvalue weighted by molar-refractivity contribution is 5.93. The highest BCUT2D eigenvalue weighted by Crippen LogP contribution is 2.27. The molecule has 0 fully saturated rings. The summed E-state index contributed by atoms with van der Waals surface area (Å²) in [6.45, 7) is 4.33. The van der Waals surface area contributed by atoms with Crippen LogP contribution in [-0.2, 0) is 7.05 Å². The molecule has 1 aromatic heterocycles. The summed E-state index contributed by atoms with van der Waals surface area (Å²) in [6, 6.07) is 10.2. The predicted octanol–water partition coefficient (Wildman–Crippen LogP) is 3.33. The minimum atomic E-state index is -0.0659. The van der Waals surface area contributed by atoms with Gasteiger partial charge >= 0.3 is 0 Å². The number of hydrogen-bond donors (Lipinski definition) is 1. The molecular formula is C17H23N3O. The number of hydrogen-bond acceptors (Lipinski definition) is 2. The molecule has 0 aliphatic heterocycles. The average molecular weight is 285 g/mol. The molecular weight excluding hydrogens is 262 g/mol. The highest BCUT2D eigenvalue weighted by Gasteiger charge is 2.23. The Hall–Kier alpha value is -2.10. The molecule has 1 atom stereocenters. The van der Waals surface area contributed by atoms with Crippen LogP contribution in [0.3, 0.4) is 0 Å². The smallest absolute Gasteiger partial charge is 0.254 e. The minimum absolute atomic E-state index is 0.0360. The van der Waals surface area contributed by atoms with Gasteiger partial charge in [0.25, 0.3) is 5.91 Å². The molecule has 1 aromatic carbocycles. The van der Waals surface area contributed by atoms with Crippen molar-refractivity contribution in [3.05, 3.63) is 53.9 Å². The first kappa shape index (κ1) is 15.3. The normalized spacial score (nSPS) is 12.4. The van der Waals surface area contributed by atoms with E-state index >= 15 is 0 Å². The van der Waals surface area contributed by atoms with E-state index in [1.54, 1.807) is 17.1 Å². The Morgan fingerprint density at radius 1 is 1.24 bits per heavy atom. The SMILES string of the molecule is CCC(CC)[C@H](NC(=O)c1cnn(C)c1)c1ccccc1. The summed E-state index contributed by atoms with van der Waals surface area (Å²) in [5, 5.41) is 7.23. The van der Waals surface area contributed by atoms with Crippen molar-refractivity contribution in [2.24, 2.45) is 13.0 Å². The van der Waals surface area contributed by atoms with E-state index in [0.717, 1.165) is 18.4 Å². The highest BCUT2D eigenvalue weighted by atomic mass is 16.1. The van der Waals surface area contributed by atoms with Gasteiger partial charge < -0.3 is 5.32 Å². The standard InChI is InChI=1S/C17H23N3O/c1-4-13(5-2)16(14-9-7-6-8-10-14)19-17(21)15-11-18-20(3)12-15/h6-13,16H,4-5H2,1-3H3,(H,19,21)/t16-/m0/s1. The van der Waals surface area contributed by atoms with Gasteiger partial charge in [-0.25, -0.2) is 0 Å². The summed E-state index contributed by atoms with van der Waals surface area (Å²) in [4.78, 5) is 12.4. The monoisotopic (exact) mass is 285 g/mol. The molecule has 0 saturated carbocycles. The summed E-state index contributed by atoms with van der Waals surface area (Å²) < 4.78 is 1.64. The molecule has 4 nitrogen and oxygen atoms in total. The van der Waals surface area contributed by atoms with Gasteiger partial charge in [0.2, 0.25) is 0 Å². The van der Waals surface area contributed by atoms with Crippen LogP contribution in [0.15, 0.2) is 42.7 Å². The van der Waals surface area contributed by atoms with Crippen LogP contribution in [0.4, 0.5) is 0 Å². The zero-order valence-electron chi connectivity index (χ0n) is 12.9. The number of carbonyl (C=O) groups is 1. The van der Waals surface area contributed by atoms with E-state index in [2.05, 4.69) is 36.4 Å². The maximum atomic E-state index is 12.4. The fraction of sp³-hybridized carbons (Fsp3) is 0.412. The van der Waals surface area contributed by atoms with Crippen molar-refractivity contribution in [2.75, 3.05) is 0 Å². The largest absolute Gasteiger partial charge is 0.345 e. The van der Waals surface area contributed by atoms with Gasteiger partial charge in [0.05, 0.1) is 17.8 Å². The maximum Gasteiger partial charge on any atom is 0.254 e. The van der Waals surface area contributed by atoms with Gasteiger partial charge in [-0.1, -0.05) is 57.0 Å². The fourth-order valence-corrected chi connectivity index (χ4v) is 2.66. The zero-order valence-corrected chi connectivity index (χ0v) is 12.9. The summed E-state index contributed by atoms with van der Waals surface area (Å²) in [5.41, 5.74) is 1.76. The number of aryl methyl sites for hydroxylation is 1. The number of nitrogens with zero attached hydrogens (tertiary/aromatic N) is 2. The van der Waals surface area contributed by atoms with E-state index in [-0.39, 0.29) is 11.9 Å². The van der Waals surface area contributed by atoms with Crippen LogP contribution < -0.4 is 5.32 Å². The average Bonchev–Trinajstić information content (AvgIpc) is 2.95. The zero-order chi connectivity index (χ0) is 15.2. The Bertz CT molecular complexity index is 573. The Kier molecular flexibility index (Phi) is 5.14. The molecule has 0 unspecified atom stereocenters. The summed E-state index contributed by atoms with van der Waals surface area (Å²) >= 11 is 0. The predicted molar refractivity (Wildman–Crippen MR) is 83.9 cm³/mol. The molecule has 21 heavy (non-hydrogen) atoms. The quantitative estimate of drug-likeness (QED) is 0.885. The Labute approximate surface area is 126 Å². The summed E-state index contributed by atoms with van der Waals surface area (Å²) in [7, 11) is 1.81. The van der Waals surface area contributed by atoms with E-state index in [4.69, 9.17) is 0 Å². The summed E-state index contributed by atoms with van der Waals surface area (Å²) in [6.07, 6.45) is 5.40. The number of rotatable bonds is 6.